The molecule has 0 bridgehead atoms. The Labute approximate surface area is 147 Å². The van der Waals surface area contributed by atoms with Crippen LogP contribution >= 0.6 is 11.6 Å². The van der Waals surface area contributed by atoms with Crippen molar-refractivity contribution in [1.29, 1.82) is 0 Å². The van der Waals surface area contributed by atoms with Crippen LogP contribution in [0.5, 0.6) is 0 Å². The van der Waals surface area contributed by atoms with Gasteiger partial charge in [-0.3, -0.25) is 0 Å². The maximum atomic E-state index is 6.13. The molecule has 2 aromatic carbocycles. The van der Waals surface area contributed by atoms with Crippen molar-refractivity contribution in [2.24, 2.45) is 0 Å². The highest BCUT2D eigenvalue weighted by Crippen LogP contribution is 2.30. The molecule has 3 nitrogen and oxygen atoms in total. The van der Waals surface area contributed by atoms with Crippen molar-refractivity contribution in [3.8, 4) is 11.1 Å². The van der Waals surface area contributed by atoms with Gasteiger partial charge in [0.2, 0.25) is 0 Å². The van der Waals surface area contributed by atoms with E-state index in [1.807, 2.05) is 25.1 Å². The predicted octanol–water partition coefficient (Wildman–Crippen LogP) is 5.25. The normalized spacial score (nSPS) is 15.0. The third-order valence-electron chi connectivity index (χ3n) is 4.60. The lowest BCUT2D eigenvalue weighted by Crippen LogP contribution is -2.30. The number of nitrogens with zero attached hydrogens (tertiary/aromatic N) is 3. The van der Waals surface area contributed by atoms with Gasteiger partial charge in [0.05, 0.1) is 5.52 Å². The second-order valence-electron chi connectivity index (χ2n) is 6.38. The van der Waals surface area contributed by atoms with Crippen LogP contribution in [0.1, 0.15) is 25.1 Å². The van der Waals surface area contributed by atoms with E-state index < -0.39 is 0 Å². The Morgan fingerprint density at radius 2 is 1.71 bits per heavy atom. The Hall–Kier alpha value is -2.13. The lowest BCUT2D eigenvalue weighted by Gasteiger charge is -2.28. The molecule has 122 valence electrons. The fraction of sp³-hybridized carbons (Fsp3) is 0.300. The molecule has 24 heavy (non-hydrogen) atoms. The van der Waals surface area contributed by atoms with Crippen molar-refractivity contribution >= 4 is 28.3 Å². The quantitative estimate of drug-likeness (QED) is 0.639. The summed E-state index contributed by atoms with van der Waals surface area (Å²) in [6.07, 6.45) is 3.80. The average molecular weight is 338 g/mol. The van der Waals surface area contributed by atoms with Crippen LogP contribution < -0.4 is 4.90 Å². The average Bonchev–Trinajstić information content (AvgIpc) is 2.61. The smallest absolute Gasteiger partial charge is 0.140 e. The number of anilines is 1. The van der Waals surface area contributed by atoms with Gasteiger partial charge in [0.25, 0.3) is 0 Å². The van der Waals surface area contributed by atoms with Gasteiger partial charge in [0, 0.05) is 23.5 Å². The van der Waals surface area contributed by atoms with Gasteiger partial charge < -0.3 is 4.90 Å². The first-order chi connectivity index (χ1) is 11.7. The predicted molar refractivity (Wildman–Crippen MR) is 101 cm³/mol. The Kier molecular flexibility index (Phi) is 4.11. The highest BCUT2D eigenvalue weighted by atomic mass is 35.5. The summed E-state index contributed by atoms with van der Waals surface area (Å²) in [5.74, 6) is 1.90. The third kappa shape index (κ3) is 2.96. The van der Waals surface area contributed by atoms with Gasteiger partial charge in [-0.15, -0.1) is 0 Å². The molecule has 2 heterocycles. The molecule has 0 unspecified atom stereocenters. The zero-order valence-electron chi connectivity index (χ0n) is 13.8. The van der Waals surface area contributed by atoms with Gasteiger partial charge in [-0.2, -0.15) is 0 Å². The number of aryl methyl sites for hydroxylation is 1. The molecule has 0 saturated carbocycles. The Morgan fingerprint density at radius 3 is 2.50 bits per heavy atom. The Bertz CT molecular complexity index is 885. The number of fused-ring (bicyclic) bond motifs is 1. The van der Waals surface area contributed by atoms with E-state index in [0.717, 1.165) is 51.8 Å². The highest BCUT2D eigenvalue weighted by Gasteiger charge is 2.16. The molecule has 0 radical (unpaired) electrons. The van der Waals surface area contributed by atoms with E-state index in [9.17, 15) is 0 Å². The van der Waals surface area contributed by atoms with Gasteiger partial charge >= 0.3 is 0 Å². The summed E-state index contributed by atoms with van der Waals surface area (Å²) in [7, 11) is 0. The van der Waals surface area contributed by atoms with E-state index in [2.05, 4.69) is 34.1 Å². The second kappa shape index (κ2) is 6.40. The molecule has 1 aliphatic heterocycles. The number of aromatic nitrogens is 2. The van der Waals surface area contributed by atoms with Gasteiger partial charge in [0.15, 0.2) is 0 Å². The summed E-state index contributed by atoms with van der Waals surface area (Å²) in [6, 6.07) is 14.4. The van der Waals surface area contributed by atoms with E-state index in [1.165, 1.54) is 19.3 Å². The highest BCUT2D eigenvalue weighted by molar-refractivity contribution is 6.30. The summed E-state index contributed by atoms with van der Waals surface area (Å²) in [5.41, 5.74) is 3.24. The van der Waals surface area contributed by atoms with E-state index >= 15 is 0 Å². The minimum atomic E-state index is 0.750. The first-order valence-electron chi connectivity index (χ1n) is 8.50. The third-order valence-corrected chi connectivity index (χ3v) is 4.84. The summed E-state index contributed by atoms with van der Waals surface area (Å²) < 4.78 is 0. The fourth-order valence-electron chi connectivity index (χ4n) is 3.42. The molecule has 1 aliphatic rings. The van der Waals surface area contributed by atoms with Gasteiger partial charge in [-0.1, -0.05) is 29.8 Å². The molecule has 4 heteroatoms. The second-order valence-corrected chi connectivity index (χ2v) is 6.82. The van der Waals surface area contributed by atoms with Crippen molar-refractivity contribution in [1.82, 2.24) is 9.97 Å². The van der Waals surface area contributed by atoms with E-state index in [4.69, 9.17) is 16.6 Å². The zero-order chi connectivity index (χ0) is 16.5. The fourth-order valence-corrected chi connectivity index (χ4v) is 3.61. The first-order valence-corrected chi connectivity index (χ1v) is 8.88. The summed E-state index contributed by atoms with van der Waals surface area (Å²) in [4.78, 5) is 11.8. The van der Waals surface area contributed by atoms with Crippen LogP contribution in [-0.2, 0) is 0 Å². The van der Waals surface area contributed by atoms with Gasteiger partial charge in [0.1, 0.15) is 11.6 Å². The minimum absolute atomic E-state index is 0.750. The van der Waals surface area contributed by atoms with E-state index in [0.29, 0.717) is 0 Å². The molecule has 1 fully saturated rings. The van der Waals surface area contributed by atoms with Crippen LogP contribution in [-0.4, -0.2) is 23.1 Å². The lowest BCUT2D eigenvalue weighted by atomic mass is 10.0. The van der Waals surface area contributed by atoms with Gasteiger partial charge in [-0.25, -0.2) is 9.97 Å². The summed E-state index contributed by atoms with van der Waals surface area (Å²) >= 11 is 6.13. The molecule has 0 atom stereocenters. The van der Waals surface area contributed by atoms with E-state index in [-0.39, 0.29) is 0 Å². The molecule has 0 amide bonds. The minimum Gasteiger partial charge on any atom is -0.356 e. The molecular formula is C20H20ClN3. The van der Waals surface area contributed by atoms with Crippen LogP contribution in [0.25, 0.3) is 22.0 Å². The summed E-state index contributed by atoms with van der Waals surface area (Å²) in [6.45, 7) is 4.14. The van der Waals surface area contributed by atoms with Crippen molar-refractivity contribution in [2.45, 2.75) is 26.2 Å². The number of rotatable bonds is 2. The maximum absolute atomic E-state index is 6.13. The Balaban J connectivity index is 1.82. The summed E-state index contributed by atoms with van der Waals surface area (Å²) in [5, 5.41) is 1.88. The molecule has 0 N–H and O–H groups in total. The maximum Gasteiger partial charge on any atom is 0.140 e. The molecular weight excluding hydrogens is 318 g/mol. The number of benzene rings is 2. The number of piperidine rings is 1. The molecule has 4 rings (SSSR count). The largest absolute Gasteiger partial charge is 0.356 e. The SMILES string of the molecule is Cc1nc(N2CCCCC2)c2ccc(-c3cccc(Cl)c3)cc2n1. The molecule has 3 aromatic rings. The van der Waals surface area contributed by atoms with Gasteiger partial charge in [-0.05, 0) is 61.6 Å². The standard InChI is InChI=1S/C20H20ClN3/c1-14-22-19-13-16(15-6-5-7-17(21)12-15)8-9-18(19)20(23-14)24-10-3-2-4-11-24/h5-9,12-13H,2-4,10-11H2,1H3. The Morgan fingerprint density at radius 1 is 0.917 bits per heavy atom. The van der Waals surface area contributed by atoms with Crippen molar-refractivity contribution < 1.29 is 0 Å². The monoisotopic (exact) mass is 337 g/mol. The van der Waals surface area contributed by atoms with Crippen LogP contribution in [0.3, 0.4) is 0 Å². The van der Waals surface area contributed by atoms with Crippen LogP contribution in [0.15, 0.2) is 42.5 Å². The van der Waals surface area contributed by atoms with Crippen molar-refractivity contribution in [2.75, 3.05) is 18.0 Å². The van der Waals surface area contributed by atoms with Crippen molar-refractivity contribution in [3.05, 3.63) is 53.3 Å². The molecule has 0 spiro atoms. The van der Waals surface area contributed by atoms with E-state index in [1.54, 1.807) is 0 Å². The molecule has 1 saturated heterocycles. The first kappa shape index (κ1) is 15.4. The topological polar surface area (TPSA) is 29.0 Å². The lowest BCUT2D eigenvalue weighted by molar-refractivity contribution is 0.574. The number of hydrogen-bond acceptors (Lipinski definition) is 3. The molecule has 1 aromatic heterocycles. The van der Waals surface area contributed by atoms with Crippen LogP contribution in [0.2, 0.25) is 5.02 Å². The number of hydrogen-bond donors (Lipinski definition) is 0. The van der Waals surface area contributed by atoms with Crippen LogP contribution in [0, 0.1) is 6.92 Å². The van der Waals surface area contributed by atoms with Crippen molar-refractivity contribution in [3.63, 3.8) is 0 Å². The van der Waals surface area contributed by atoms with Crippen LogP contribution in [0.4, 0.5) is 5.82 Å². The molecule has 0 aliphatic carbocycles. The number of halogens is 1. The zero-order valence-corrected chi connectivity index (χ0v) is 14.6.